The van der Waals surface area contributed by atoms with Crippen LogP contribution in [0.3, 0.4) is 0 Å². The van der Waals surface area contributed by atoms with E-state index in [1.54, 1.807) is 13.0 Å². The van der Waals surface area contributed by atoms with Crippen LogP contribution in [0.2, 0.25) is 0 Å². The number of nitrogens with zero attached hydrogens (tertiary/aromatic N) is 2. The summed E-state index contributed by atoms with van der Waals surface area (Å²) >= 11 is 0. The molecule has 1 aliphatic rings. The van der Waals surface area contributed by atoms with Gasteiger partial charge in [0, 0.05) is 42.7 Å². The monoisotopic (exact) mass is 394 g/mol. The molecule has 1 fully saturated rings. The lowest BCUT2D eigenvalue weighted by Gasteiger charge is -2.30. The molecule has 1 saturated heterocycles. The van der Waals surface area contributed by atoms with Gasteiger partial charge in [-0.25, -0.2) is 0 Å². The summed E-state index contributed by atoms with van der Waals surface area (Å²) in [6.45, 7) is 3.29. The molecule has 1 aliphatic heterocycles. The molecular formula is C22H26N4O3. The Kier molecular flexibility index (Phi) is 5.64. The number of nitrogens with one attached hydrogen (secondary N) is 2. The van der Waals surface area contributed by atoms with Crippen LogP contribution in [0, 0.1) is 6.92 Å². The van der Waals surface area contributed by atoms with Crippen LogP contribution >= 0.6 is 0 Å². The molecule has 2 N–H and O–H groups in total. The van der Waals surface area contributed by atoms with Crippen LogP contribution in [-0.2, 0) is 22.4 Å². The van der Waals surface area contributed by atoms with Crippen LogP contribution in [0.1, 0.15) is 36.3 Å². The number of rotatable bonds is 6. The summed E-state index contributed by atoms with van der Waals surface area (Å²) < 4.78 is 5.04. The van der Waals surface area contributed by atoms with Crippen molar-refractivity contribution in [3.05, 3.63) is 53.5 Å². The van der Waals surface area contributed by atoms with Gasteiger partial charge < -0.3 is 19.7 Å². The average Bonchev–Trinajstić information content (AvgIpc) is 3.33. The van der Waals surface area contributed by atoms with Crippen LogP contribution in [0.4, 0.5) is 0 Å². The van der Waals surface area contributed by atoms with Crippen LogP contribution in [-0.4, -0.2) is 46.0 Å². The number of para-hydroxylation sites is 1. The van der Waals surface area contributed by atoms with Crippen molar-refractivity contribution >= 4 is 22.7 Å². The zero-order chi connectivity index (χ0) is 20.2. The number of aromatic nitrogens is 2. The van der Waals surface area contributed by atoms with Gasteiger partial charge >= 0.3 is 0 Å². The quantitative estimate of drug-likeness (QED) is 0.673. The fourth-order valence-electron chi connectivity index (χ4n) is 3.97. The fourth-order valence-corrected chi connectivity index (χ4v) is 3.97. The van der Waals surface area contributed by atoms with Gasteiger partial charge in [0.15, 0.2) is 0 Å². The molecule has 29 heavy (non-hydrogen) atoms. The Morgan fingerprint density at radius 3 is 2.79 bits per heavy atom. The summed E-state index contributed by atoms with van der Waals surface area (Å²) in [7, 11) is 0. The lowest BCUT2D eigenvalue weighted by Crippen LogP contribution is -2.51. The second-order valence-corrected chi connectivity index (χ2v) is 7.68. The Morgan fingerprint density at radius 2 is 2.03 bits per heavy atom. The van der Waals surface area contributed by atoms with Crippen molar-refractivity contribution in [1.82, 2.24) is 20.4 Å². The smallest absolute Gasteiger partial charge is 0.245 e. The van der Waals surface area contributed by atoms with E-state index in [9.17, 15) is 9.59 Å². The Bertz CT molecular complexity index is 1000. The van der Waals surface area contributed by atoms with Crippen molar-refractivity contribution in [2.75, 3.05) is 13.1 Å². The van der Waals surface area contributed by atoms with E-state index in [-0.39, 0.29) is 18.2 Å². The molecular weight excluding hydrogens is 368 g/mol. The molecule has 3 aromatic rings. The number of carbonyl (C=O) groups excluding carboxylic acids is 2. The van der Waals surface area contributed by atoms with Crippen molar-refractivity contribution in [3.8, 4) is 0 Å². The number of hydrogen-bond donors (Lipinski definition) is 2. The molecule has 152 valence electrons. The minimum Gasteiger partial charge on any atom is -0.361 e. The number of carbonyl (C=O) groups is 2. The van der Waals surface area contributed by atoms with Crippen molar-refractivity contribution in [3.63, 3.8) is 0 Å². The molecule has 0 radical (unpaired) electrons. The molecule has 1 aromatic carbocycles. The van der Waals surface area contributed by atoms with Crippen molar-refractivity contribution in [2.45, 2.75) is 45.1 Å². The second-order valence-electron chi connectivity index (χ2n) is 7.68. The lowest BCUT2D eigenvalue weighted by molar-refractivity contribution is -0.137. The summed E-state index contributed by atoms with van der Waals surface area (Å²) in [5.41, 5.74) is 2.61. The third-order valence-electron chi connectivity index (χ3n) is 5.42. The third-order valence-corrected chi connectivity index (χ3v) is 5.42. The largest absolute Gasteiger partial charge is 0.361 e. The van der Waals surface area contributed by atoms with Crippen molar-refractivity contribution in [2.24, 2.45) is 0 Å². The highest BCUT2D eigenvalue weighted by Crippen LogP contribution is 2.20. The number of piperidine rings is 1. The molecule has 3 heterocycles. The minimum absolute atomic E-state index is 0.0142. The van der Waals surface area contributed by atoms with Gasteiger partial charge in [-0.3, -0.25) is 9.59 Å². The van der Waals surface area contributed by atoms with Gasteiger partial charge in [-0.1, -0.05) is 23.4 Å². The highest BCUT2D eigenvalue weighted by atomic mass is 16.5. The average molecular weight is 394 g/mol. The van der Waals surface area contributed by atoms with E-state index in [4.69, 9.17) is 4.52 Å². The van der Waals surface area contributed by atoms with Crippen LogP contribution in [0.15, 0.2) is 41.1 Å². The lowest BCUT2D eigenvalue weighted by atomic mass is 10.0. The van der Waals surface area contributed by atoms with Crippen molar-refractivity contribution in [1.29, 1.82) is 0 Å². The molecule has 0 spiro atoms. The molecule has 7 nitrogen and oxygen atoms in total. The molecule has 1 atom stereocenters. The van der Waals surface area contributed by atoms with Gasteiger partial charge in [-0.2, -0.15) is 0 Å². The number of fused-ring (bicyclic) bond motifs is 1. The van der Waals surface area contributed by atoms with E-state index in [1.165, 1.54) is 0 Å². The summed E-state index contributed by atoms with van der Waals surface area (Å²) in [5.74, 6) is 0.417. The Labute approximate surface area is 169 Å². The molecule has 0 bridgehead atoms. The Morgan fingerprint density at radius 1 is 1.24 bits per heavy atom. The Balaban J connectivity index is 1.52. The number of likely N-dealkylation sites (tertiary alicyclic amines) is 1. The standard InChI is InChI=1S/C22H26N4O3/c1-15-11-17(25-29-15)13-21(27)24-20(22(28)26-9-5-2-6-10-26)12-16-14-23-19-8-4-3-7-18(16)19/h3-4,7-8,11,14,20,23H,2,5-6,9-10,12-13H2,1H3,(H,24,27). The van der Waals surface area contributed by atoms with Gasteiger partial charge in [0.2, 0.25) is 11.8 Å². The second kappa shape index (κ2) is 8.51. The molecule has 0 aliphatic carbocycles. The van der Waals surface area contributed by atoms with E-state index in [2.05, 4.69) is 15.5 Å². The van der Waals surface area contributed by atoms with Gasteiger partial charge in [0.05, 0.1) is 12.1 Å². The van der Waals surface area contributed by atoms with E-state index >= 15 is 0 Å². The first kappa shape index (κ1) is 19.2. The van der Waals surface area contributed by atoms with Crippen LogP contribution in [0.5, 0.6) is 0 Å². The van der Waals surface area contributed by atoms with E-state index in [0.717, 1.165) is 48.8 Å². The number of hydrogen-bond acceptors (Lipinski definition) is 4. The highest BCUT2D eigenvalue weighted by molar-refractivity contribution is 5.90. The van der Waals surface area contributed by atoms with Crippen LogP contribution < -0.4 is 5.32 Å². The van der Waals surface area contributed by atoms with E-state index in [0.29, 0.717) is 17.9 Å². The number of aryl methyl sites for hydroxylation is 1. The zero-order valence-electron chi connectivity index (χ0n) is 16.6. The normalized spacial score (nSPS) is 15.4. The summed E-state index contributed by atoms with van der Waals surface area (Å²) in [6.07, 6.45) is 5.64. The van der Waals surface area contributed by atoms with Gasteiger partial charge in [0.1, 0.15) is 11.8 Å². The number of benzene rings is 1. The summed E-state index contributed by atoms with van der Waals surface area (Å²) in [5, 5.41) is 7.90. The minimum atomic E-state index is -0.604. The summed E-state index contributed by atoms with van der Waals surface area (Å²) in [4.78, 5) is 31.0. The number of amides is 2. The maximum Gasteiger partial charge on any atom is 0.245 e. The van der Waals surface area contributed by atoms with Gasteiger partial charge in [0.25, 0.3) is 0 Å². The van der Waals surface area contributed by atoms with Crippen LogP contribution in [0.25, 0.3) is 10.9 Å². The third kappa shape index (κ3) is 4.50. The first-order valence-corrected chi connectivity index (χ1v) is 10.2. The predicted molar refractivity (Wildman–Crippen MR) is 109 cm³/mol. The van der Waals surface area contributed by atoms with Gasteiger partial charge in [-0.15, -0.1) is 0 Å². The number of aromatic amines is 1. The molecule has 2 amide bonds. The SMILES string of the molecule is Cc1cc(CC(=O)NC(Cc2c[nH]c3ccccc23)C(=O)N2CCCCC2)no1. The predicted octanol–water partition coefficient (Wildman–Crippen LogP) is 2.75. The summed E-state index contributed by atoms with van der Waals surface area (Å²) in [6, 6.07) is 9.12. The molecule has 0 saturated carbocycles. The fraction of sp³-hybridized carbons (Fsp3) is 0.409. The molecule has 4 rings (SSSR count). The highest BCUT2D eigenvalue weighted by Gasteiger charge is 2.28. The first-order valence-electron chi connectivity index (χ1n) is 10.2. The molecule has 1 unspecified atom stereocenters. The topological polar surface area (TPSA) is 91.2 Å². The number of H-pyrrole nitrogens is 1. The maximum atomic E-state index is 13.2. The maximum absolute atomic E-state index is 13.2. The van der Waals surface area contributed by atoms with Gasteiger partial charge in [-0.05, 0) is 37.8 Å². The van der Waals surface area contributed by atoms with Crippen molar-refractivity contribution < 1.29 is 14.1 Å². The van der Waals surface area contributed by atoms with E-state index in [1.807, 2.05) is 35.4 Å². The Hall–Kier alpha value is -3.09. The van der Waals surface area contributed by atoms with E-state index < -0.39 is 6.04 Å². The molecule has 7 heteroatoms. The first-order chi connectivity index (χ1) is 14.1. The zero-order valence-corrected chi connectivity index (χ0v) is 16.6. The molecule has 2 aromatic heterocycles.